The third-order valence-corrected chi connectivity index (χ3v) is 7.63. The summed E-state index contributed by atoms with van der Waals surface area (Å²) in [6.07, 6.45) is 0.675. The Morgan fingerprint density at radius 1 is 0.600 bits per heavy atom. The molecule has 8 rings (SSSR count). The molecule has 4 aliphatic rings. The normalized spacial score (nSPS) is 24.1. The van der Waals surface area contributed by atoms with Crippen molar-refractivity contribution in [3.63, 3.8) is 0 Å². The van der Waals surface area contributed by atoms with Crippen LogP contribution in [0.3, 0.4) is 0 Å². The maximum absolute atomic E-state index is 6.27. The van der Waals surface area contributed by atoms with Gasteiger partial charge in [-0.1, -0.05) is 19.1 Å². The first kappa shape index (κ1) is 24.3. The molecule has 0 aromatic heterocycles. The van der Waals surface area contributed by atoms with Crippen LogP contribution in [-0.4, -0.2) is 51.6 Å². The fourth-order valence-corrected chi connectivity index (χ4v) is 5.41. The minimum absolute atomic E-state index is 0.165. The first-order valence-corrected chi connectivity index (χ1v) is 13.9. The molecule has 206 valence electrons. The first-order valence-electron chi connectivity index (χ1n) is 13.9. The number of benzene rings is 4. The van der Waals surface area contributed by atoms with E-state index in [-0.39, 0.29) is 25.2 Å². The molecule has 0 N–H and O–H groups in total. The summed E-state index contributed by atoms with van der Waals surface area (Å²) < 4.78 is 46.0. The first-order chi connectivity index (χ1) is 19.6. The van der Waals surface area contributed by atoms with E-state index in [2.05, 4.69) is 62.4 Å². The molecule has 4 aromatic rings. The smallest absolute Gasteiger partial charge is 0.223 e. The summed E-state index contributed by atoms with van der Waals surface area (Å²) in [5, 5.41) is 4.49. The lowest BCUT2D eigenvalue weighted by molar-refractivity contribution is 0.177. The minimum Gasteiger partial charge on any atom is -0.462 e. The van der Waals surface area contributed by atoms with Gasteiger partial charge in [0.2, 0.25) is 25.2 Å². The van der Waals surface area contributed by atoms with Crippen molar-refractivity contribution < 1.29 is 37.9 Å². The molecule has 4 aliphatic heterocycles. The highest BCUT2D eigenvalue weighted by Gasteiger charge is 2.30. The zero-order valence-electron chi connectivity index (χ0n) is 22.4. The Hall–Kier alpha value is -3.56. The van der Waals surface area contributed by atoms with Gasteiger partial charge in [0.25, 0.3) is 0 Å². The van der Waals surface area contributed by atoms with Gasteiger partial charge in [0.1, 0.15) is 49.4 Å². The number of fused-ring (bicyclic) bond motifs is 2. The van der Waals surface area contributed by atoms with Crippen LogP contribution < -0.4 is 18.9 Å². The summed E-state index contributed by atoms with van der Waals surface area (Å²) in [6.45, 7) is 6.70. The minimum atomic E-state index is -0.217. The Kier molecular flexibility index (Phi) is 5.77. The Labute approximate surface area is 231 Å². The van der Waals surface area contributed by atoms with Gasteiger partial charge in [-0.05, 0) is 82.4 Å². The van der Waals surface area contributed by atoms with E-state index in [1.54, 1.807) is 0 Å². The monoisotopic (exact) mass is 542 g/mol. The molecule has 4 heterocycles. The van der Waals surface area contributed by atoms with Gasteiger partial charge in [0.05, 0.1) is 0 Å². The average molecular weight is 543 g/mol. The fourth-order valence-electron chi connectivity index (χ4n) is 5.41. The second-order valence-corrected chi connectivity index (χ2v) is 10.7. The Morgan fingerprint density at radius 3 is 1.68 bits per heavy atom. The zero-order chi connectivity index (χ0) is 26.8. The topological polar surface area (TPSA) is 87.0 Å². The summed E-state index contributed by atoms with van der Waals surface area (Å²) in [5.74, 6) is 3.22. The predicted octanol–water partition coefficient (Wildman–Crippen LogP) is 5.40. The maximum Gasteiger partial charge on any atom is 0.223 e. The van der Waals surface area contributed by atoms with Crippen molar-refractivity contribution in [1.82, 2.24) is 0 Å². The second-order valence-electron chi connectivity index (χ2n) is 10.7. The van der Waals surface area contributed by atoms with E-state index in [1.165, 1.54) is 0 Å². The van der Waals surface area contributed by atoms with E-state index in [0.717, 1.165) is 73.2 Å². The zero-order valence-corrected chi connectivity index (χ0v) is 22.4. The largest absolute Gasteiger partial charge is 0.462 e. The molecule has 4 saturated heterocycles. The molecule has 8 heteroatoms. The number of epoxide rings is 4. The van der Waals surface area contributed by atoms with Gasteiger partial charge in [0, 0.05) is 17.5 Å². The van der Waals surface area contributed by atoms with Crippen LogP contribution in [0, 0.1) is 6.92 Å². The highest BCUT2D eigenvalue weighted by Crippen LogP contribution is 2.41. The van der Waals surface area contributed by atoms with Gasteiger partial charge >= 0.3 is 0 Å². The summed E-state index contributed by atoms with van der Waals surface area (Å²) >= 11 is 0. The third-order valence-electron chi connectivity index (χ3n) is 7.63. The number of rotatable bonds is 11. The van der Waals surface area contributed by atoms with Crippen LogP contribution in [0.4, 0.5) is 0 Å². The predicted molar refractivity (Wildman–Crippen MR) is 146 cm³/mol. The lowest BCUT2D eigenvalue weighted by Crippen LogP contribution is -2.06. The van der Waals surface area contributed by atoms with E-state index in [0.29, 0.717) is 32.8 Å². The van der Waals surface area contributed by atoms with Gasteiger partial charge in [0.15, 0.2) is 0 Å². The van der Waals surface area contributed by atoms with Crippen molar-refractivity contribution in [3.05, 3.63) is 70.8 Å². The van der Waals surface area contributed by atoms with E-state index >= 15 is 0 Å². The van der Waals surface area contributed by atoms with Crippen LogP contribution in [-0.2, 0) is 31.8 Å². The molecule has 40 heavy (non-hydrogen) atoms. The molecule has 0 radical (unpaired) electrons. The summed E-state index contributed by atoms with van der Waals surface area (Å²) in [6, 6.07) is 16.7. The van der Waals surface area contributed by atoms with Crippen LogP contribution in [0.1, 0.15) is 29.2 Å². The Morgan fingerprint density at radius 2 is 1.10 bits per heavy atom. The lowest BCUT2D eigenvalue weighted by atomic mass is 9.91. The maximum atomic E-state index is 6.27. The molecule has 8 nitrogen and oxygen atoms in total. The van der Waals surface area contributed by atoms with Gasteiger partial charge in [-0.3, -0.25) is 0 Å². The lowest BCUT2D eigenvalue weighted by Gasteiger charge is -2.19. The molecule has 4 aromatic carbocycles. The van der Waals surface area contributed by atoms with E-state index in [9.17, 15) is 0 Å². The van der Waals surface area contributed by atoms with E-state index < -0.39 is 0 Å². The number of hydrogen-bond donors (Lipinski definition) is 0. The molecule has 4 atom stereocenters. The number of hydrogen-bond acceptors (Lipinski definition) is 8. The molecule has 0 spiro atoms. The van der Waals surface area contributed by atoms with Crippen LogP contribution in [0.5, 0.6) is 23.0 Å². The molecule has 0 aliphatic carbocycles. The molecule has 0 amide bonds. The summed E-state index contributed by atoms with van der Waals surface area (Å²) in [5.41, 5.74) is 4.46. The second kappa shape index (κ2) is 9.52. The van der Waals surface area contributed by atoms with E-state index in [1.807, 2.05) is 0 Å². The molecular formula is C32H30O8. The third kappa shape index (κ3) is 4.92. The highest BCUT2D eigenvalue weighted by atomic mass is 16.8. The van der Waals surface area contributed by atoms with Gasteiger partial charge in [-0.15, -0.1) is 0 Å². The highest BCUT2D eigenvalue weighted by molar-refractivity contribution is 5.95. The molecule has 4 fully saturated rings. The van der Waals surface area contributed by atoms with Crippen molar-refractivity contribution >= 4 is 21.5 Å². The van der Waals surface area contributed by atoms with Crippen molar-refractivity contribution in [1.29, 1.82) is 0 Å². The quantitative estimate of drug-likeness (QED) is 0.233. The Balaban J connectivity index is 1.28. The van der Waals surface area contributed by atoms with Crippen molar-refractivity contribution in [3.8, 4) is 23.0 Å². The summed E-state index contributed by atoms with van der Waals surface area (Å²) in [7, 11) is 0. The fraction of sp³-hybridized carbons (Fsp3) is 0.375. The molecular weight excluding hydrogens is 512 g/mol. The molecule has 4 unspecified atom stereocenters. The van der Waals surface area contributed by atoms with Crippen LogP contribution >= 0.6 is 0 Å². The average Bonchev–Trinajstić information content (AvgIpc) is 3.74. The van der Waals surface area contributed by atoms with Crippen molar-refractivity contribution in [2.24, 2.45) is 0 Å². The van der Waals surface area contributed by atoms with Gasteiger partial charge < -0.3 is 37.9 Å². The van der Waals surface area contributed by atoms with Crippen molar-refractivity contribution in [2.75, 3.05) is 26.4 Å². The standard InChI is InChI=1S/C32H30O8/c1-3-21-24-12-20(38-30-14-34-30)9-18(23(24)5-7-27(21)39-31-15-35-31)10-26-25-11-19(37-29-13-33-29)8-17(2)22(25)4-6-28(26)40-32-16-36-32/h4-9,11-12,29-32H,3,10,13-16H2,1-2H3. The van der Waals surface area contributed by atoms with Crippen LogP contribution in [0.15, 0.2) is 48.5 Å². The van der Waals surface area contributed by atoms with Gasteiger partial charge in [-0.2, -0.15) is 0 Å². The number of ether oxygens (including phenoxy) is 8. The van der Waals surface area contributed by atoms with Gasteiger partial charge in [-0.25, -0.2) is 0 Å². The SMILES string of the molecule is CCc1c(OC2CO2)ccc2c(Cc3c(OC4CO4)ccc4c(C)cc(OC5CO5)cc34)cc(OC3CO3)cc12. The molecule has 0 saturated carbocycles. The van der Waals surface area contributed by atoms with Crippen LogP contribution in [0.2, 0.25) is 0 Å². The summed E-state index contributed by atoms with van der Waals surface area (Å²) in [4.78, 5) is 0. The van der Waals surface area contributed by atoms with E-state index in [4.69, 9.17) is 37.9 Å². The van der Waals surface area contributed by atoms with Crippen LogP contribution in [0.25, 0.3) is 21.5 Å². The Bertz CT molecular complexity index is 1620. The van der Waals surface area contributed by atoms with Crippen molar-refractivity contribution in [2.45, 2.75) is 51.8 Å². The number of aryl methyl sites for hydroxylation is 2. The molecule has 0 bridgehead atoms.